The topological polar surface area (TPSA) is 88.5 Å². The van der Waals surface area contributed by atoms with E-state index in [2.05, 4.69) is 25.6 Å². The molecule has 16 heavy (non-hydrogen) atoms. The maximum absolute atomic E-state index is 11.6. The molecule has 0 radical (unpaired) electrons. The molecule has 0 saturated heterocycles. The van der Waals surface area contributed by atoms with E-state index in [1.807, 2.05) is 0 Å². The van der Waals surface area contributed by atoms with Crippen LogP contribution in [0.4, 0.5) is 0 Å². The van der Waals surface area contributed by atoms with Crippen molar-refractivity contribution in [2.24, 2.45) is 7.05 Å². The predicted octanol–water partition coefficient (Wildman–Crippen LogP) is -0.489. The Balaban J connectivity index is 1.80. The van der Waals surface area contributed by atoms with E-state index in [4.69, 9.17) is 0 Å². The van der Waals surface area contributed by atoms with Gasteiger partial charge in [-0.15, -0.1) is 0 Å². The largest absolute Gasteiger partial charge is 0.351 e. The summed E-state index contributed by atoms with van der Waals surface area (Å²) < 4.78 is 1.59. The second-order valence-electron chi connectivity index (χ2n) is 3.34. The molecular weight excluding hydrogens is 208 g/mol. The highest BCUT2D eigenvalue weighted by Gasteiger charge is 2.06. The van der Waals surface area contributed by atoms with Gasteiger partial charge >= 0.3 is 0 Å². The number of nitrogens with one attached hydrogen (secondary N) is 2. The normalized spacial score (nSPS) is 10.3. The van der Waals surface area contributed by atoms with Gasteiger partial charge < -0.3 is 5.32 Å². The van der Waals surface area contributed by atoms with Gasteiger partial charge in [-0.05, 0) is 0 Å². The molecule has 2 aromatic heterocycles. The molecule has 0 aliphatic rings. The van der Waals surface area contributed by atoms with Crippen molar-refractivity contribution in [1.29, 1.82) is 0 Å². The van der Waals surface area contributed by atoms with Gasteiger partial charge in [0.15, 0.2) is 0 Å². The maximum atomic E-state index is 11.6. The number of aromatic nitrogens is 5. The number of carbonyl (C=O) groups excluding carboxylic acids is 1. The smallest absolute Gasteiger partial charge is 0.254 e. The first-order valence-electron chi connectivity index (χ1n) is 4.87. The van der Waals surface area contributed by atoms with E-state index in [0.29, 0.717) is 18.5 Å². The third-order valence-electron chi connectivity index (χ3n) is 2.08. The van der Waals surface area contributed by atoms with Gasteiger partial charge in [0.2, 0.25) is 0 Å². The van der Waals surface area contributed by atoms with Crippen LogP contribution in [0.2, 0.25) is 0 Å². The fraction of sp³-hybridized carbons (Fsp3) is 0.333. The fourth-order valence-electron chi connectivity index (χ4n) is 1.29. The van der Waals surface area contributed by atoms with Crippen molar-refractivity contribution in [3.63, 3.8) is 0 Å². The number of H-pyrrole nitrogens is 1. The Labute approximate surface area is 91.9 Å². The summed E-state index contributed by atoms with van der Waals surface area (Å²) in [5, 5.41) is 13.1. The molecule has 0 aliphatic heterocycles. The van der Waals surface area contributed by atoms with Crippen LogP contribution in [0.25, 0.3) is 0 Å². The molecule has 0 saturated carbocycles. The van der Waals surface area contributed by atoms with Crippen LogP contribution in [0.3, 0.4) is 0 Å². The molecule has 0 spiro atoms. The van der Waals surface area contributed by atoms with Gasteiger partial charge in [-0.1, -0.05) is 0 Å². The quantitative estimate of drug-likeness (QED) is 0.727. The van der Waals surface area contributed by atoms with E-state index in [1.165, 1.54) is 12.5 Å². The van der Waals surface area contributed by atoms with Crippen LogP contribution in [-0.2, 0) is 13.5 Å². The molecule has 0 unspecified atom stereocenters. The highest BCUT2D eigenvalue weighted by Crippen LogP contribution is 1.95. The molecule has 0 aliphatic carbocycles. The molecule has 0 atom stereocenters. The van der Waals surface area contributed by atoms with E-state index >= 15 is 0 Å². The molecule has 2 heterocycles. The van der Waals surface area contributed by atoms with Crippen LogP contribution < -0.4 is 5.32 Å². The third-order valence-corrected chi connectivity index (χ3v) is 2.08. The SMILES string of the molecule is Cn1cc(C(=O)NCCc2ncn[nH]2)cn1. The summed E-state index contributed by atoms with van der Waals surface area (Å²) in [4.78, 5) is 15.5. The first-order valence-corrected chi connectivity index (χ1v) is 4.87. The number of hydrogen-bond donors (Lipinski definition) is 2. The van der Waals surface area contributed by atoms with E-state index in [0.717, 1.165) is 5.82 Å². The number of carbonyl (C=O) groups is 1. The summed E-state index contributed by atoms with van der Waals surface area (Å²) in [6.45, 7) is 0.517. The number of aryl methyl sites for hydroxylation is 1. The van der Waals surface area contributed by atoms with Crippen LogP contribution in [0.15, 0.2) is 18.7 Å². The predicted molar refractivity (Wildman–Crippen MR) is 55.6 cm³/mol. The molecule has 0 aromatic carbocycles. The lowest BCUT2D eigenvalue weighted by Gasteiger charge is -2.00. The molecule has 7 heteroatoms. The summed E-state index contributed by atoms with van der Waals surface area (Å²) in [5.41, 5.74) is 0.556. The van der Waals surface area contributed by atoms with Crippen LogP contribution >= 0.6 is 0 Å². The summed E-state index contributed by atoms with van der Waals surface area (Å²) >= 11 is 0. The van der Waals surface area contributed by atoms with E-state index in [9.17, 15) is 4.79 Å². The standard InChI is InChI=1S/C9H12N6O/c1-15-5-7(4-13-15)9(16)10-3-2-8-11-6-12-14-8/h4-6H,2-3H2,1H3,(H,10,16)(H,11,12,14). The van der Waals surface area contributed by atoms with Crippen LogP contribution in [-0.4, -0.2) is 37.4 Å². The first-order chi connectivity index (χ1) is 7.75. The Hall–Kier alpha value is -2.18. The van der Waals surface area contributed by atoms with Gasteiger partial charge in [0.05, 0.1) is 11.8 Å². The summed E-state index contributed by atoms with van der Waals surface area (Å²) in [5.74, 6) is 0.624. The molecular formula is C9H12N6O. The lowest BCUT2D eigenvalue weighted by atomic mass is 10.3. The minimum atomic E-state index is -0.132. The number of amides is 1. The molecule has 2 rings (SSSR count). The molecule has 2 N–H and O–H groups in total. The Morgan fingerprint density at radius 3 is 3.12 bits per heavy atom. The highest BCUT2D eigenvalue weighted by molar-refractivity contribution is 5.93. The van der Waals surface area contributed by atoms with E-state index in [1.54, 1.807) is 17.9 Å². The van der Waals surface area contributed by atoms with Crippen molar-refractivity contribution >= 4 is 5.91 Å². The second kappa shape index (κ2) is 4.56. The summed E-state index contributed by atoms with van der Waals surface area (Å²) in [6.07, 6.45) is 5.28. The van der Waals surface area contributed by atoms with Gasteiger partial charge in [0.25, 0.3) is 5.91 Å². The summed E-state index contributed by atoms with van der Waals surface area (Å²) in [7, 11) is 1.77. The Morgan fingerprint density at radius 2 is 2.50 bits per heavy atom. The Bertz CT molecular complexity index is 460. The van der Waals surface area contributed by atoms with Crippen LogP contribution in [0, 0.1) is 0 Å². The second-order valence-corrected chi connectivity index (χ2v) is 3.34. The number of hydrogen-bond acceptors (Lipinski definition) is 4. The van der Waals surface area contributed by atoms with Gasteiger partial charge in [-0.3, -0.25) is 14.6 Å². The fourth-order valence-corrected chi connectivity index (χ4v) is 1.29. The minimum absolute atomic E-state index is 0.132. The van der Waals surface area contributed by atoms with Gasteiger partial charge in [0.1, 0.15) is 12.2 Å². The zero-order valence-electron chi connectivity index (χ0n) is 8.84. The van der Waals surface area contributed by atoms with E-state index < -0.39 is 0 Å². The molecule has 1 amide bonds. The highest BCUT2D eigenvalue weighted by atomic mass is 16.1. The van der Waals surface area contributed by atoms with Crippen molar-refractivity contribution < 1.29 is 4.79 Å². The Morgan fingerprint density at radius 1 is 1.62 bits per heavy atom. The molecule has 2 aromatic rings. The van der Waals surface area contributed by atoms with Gasteiger partial charge in [0, 0.05) is 26.2 Å². The zero-order valence-corrected chi connectivity index (χ0v) is 8.84. The van der Waals surface area contributed by atoms with E-state index in [-0.39, 0.29) is 5.91 Å². The first kappa shape index (κ1) is 10.3. The van der Waals surface area contributed by atoms with Crippen LogP contribution in [0.5, 0.6) is 0 Å². The lowest BCUT2D eigenvalue weighted by molar-refractivity contribution is 0.0954. The zero-order chi connectivity index (χ0) is 11.4. The van der Waals surface area contributed by atoms with Crippen molar-refractivity contribution in [2.75, 3.05) is 6.54 Å². The molecule has 0 fully saturated rings. The monoisotopic (exact) mass is 220 g/mol. The third kappa shape index (κ3) is 2.44. The number of nitrogens with zero attached hydrogens (tertiary/aromatic N) is 4. The number of aromatic amines is 1. The average molecular weight is 220 g/mol. The van der Waals surface area contributed by atoms with Crippen molar-refractivity contribution in [3.8, 4) is 0 Å². The average Bonchev–Trinajstić information content (AvgIpc) is 2.89. The number of rotatable bonds is 4. The molecule has 84 valence electrons. The molecule has 7 nitrogen and oxygen atoms in total. The van der Waals surface area contributed by atoms with Crippen molar-refractivity contribution in [2.45, 2.75) is 6.42 Å². The minimum Gasteiger partial charge on any atom is -0.351 e. The maximum Gasteiger partial charge on any atom is 0.254 e. The molecule has 0 bridgehead atoms. The van der Waals surface area contributed by atoms with Crippen LogP contribution in [0.1, 0.15) is 16.2 Å². The van der Waals surface area contributed by atoms with Gasteiger partial charge in [-0.2, -0.15) is 10.2 Å². The summed E-state index contributed by atoms with van der Waals surface area (Å²) in [6, 6.07) is 0. The lowest BCUT2D eigenvalue weighted by Crippen LogP contribution is -2.25. The van der Waals surface area contributed by atoms with Crippen molar-refractivity contribution in [1.82, 2.24) is 30.3 Å². The Kier molecular flexibility index (Phi) is 2.95. The van der Waals surface area contributed by atoms with Crippen molar-refractivity contribution in [3.05, 3.63) is 30.1 Å². The van der Waals surface area contributed by atoms with Gasteiger partial charge in [-0.25, -0.2) is 4.98 Å².